The van der Waals surface area contributed by atoms with E-state index >= 15 is 0 Å². The fourth-order valence-corrected chi connectivity index (χ4v) is 3.74. The first-order valence-electron chi connectivity index (χ1n) is 9.34. The average Bonchev–Trinajstić information content (AvgIpc) is 3.18. The van der Waals surface area contributed by atoms with Crippen LogP contribution in [0.25, 0.3) is 16.8 Å². The first kappa shape index (κ1) is 19.0. The van der Waals surface area contributed by atoms with Gasteiger partial charge in [0.15, 0.2) is 17.1 Å². The molecule has 152 valence electrons. The van der Waals surface area contributed by atoms with Crippen LogP contribution in [0.15, 0.2) is 30.5 Å². The largest absolute Gasteiger partial charge is 0.493 e. The summed E-state index contributed by atoms with van der Waals surface area (Å²) in [6, 6.07) is 6.93. The van der Waals surface area contributed by atoms with E-state index in [2.05, 4.69) is 10.4 Å². The number of carbonyl (C=O) groups is 1. The van der Waals surface area contributed by atoms with Gasteiger partial charge in [-0.25, -0.2) is 4.98 Å². The summed E-state index contributed by atoms with van der Waals surface area (Å²) in [6.45, 7) is 0.541. The Balaban J connectivity index is 1.72. The van der Waals surface area contributed by atoms with Crippen LogP contribution in [0.1, 0.15) is 24.5 Å². The van der Waals surface area contributed by atoms with Crippen molar-refractivity contribution >= 4 is 17.4 Å². The predicted octanol–water partition coefficient (Wildman–Crippen LogP) is 1.92. The molecule has 2 aromatic heterocycles. The lowest BCUT2D eigenvalue weighted by Crippen LogP contribution is -2.43. The Kier molecular flexibility index (Phi) is 4.98. The van der Waals surface area contributed by atoms with Crippen molar-refractivity contribution in [2.45, 2.75) is 24.8 Å². The van der Waals surface area contributed by atoms with Gasteiger partial charge in [-0.15, -0.1) is 0 Å². The van der Waals surface area contributed by atoms with E-state index in [0.717, 1.165) is 23.2 Å². The first-order chi connectivity index (χ1) is 14.0. The Hall–Kier alpha value is -3.33. The van der Waals surface area contributed by atoms with Crippen LogP contribution in [0.2, 0.25) is 0 Å². The van der Waals surface area contributed by atoms with Crippen molar-refractivity contribution in [1.82, 2.24) is 19.9 Å². The highest BCUT2D eigenvalue weighted by Crippen LogP contribution is 2.35. The Morgan fingerprint density at radius 3 is 2.69 bits per heavy atom. The molecule has 0 radical (unpaired) electrons. The molecule has 4 rings (SSSR count). The van der Waals surface area contributed by atoms with Crippen LogP contribution in [-0.4, -0.2) is 52.5 Å². The number of piperidine rings is 1. The minimum atomic E-state index is -0.821. The summed E-state index contributed by atoms with van der Waals surface area (Å²) < 4.78 is 12.3. The SMILES string of the molecule is COc1ccc(-c2cnn3c(N)cc(C4CCC(C(=O)O)NC4)nc23)cc1OC. The number of nitrogens with zero attached hydrogens (tertiary/aromatic N) is 3. The molecule has 2 unspecified atom stereocenters. The molecule has 29 heavy (non-hydrogen) atoms. The highest BCUT2D eigenvalue weighted by Gasteiger charge is 2.27. The highest BCUT2D eigenvalue weighted by atomic mass is 16.5. The number of hydrogen-bond donors (Lipinski definition) is 3. The number of carboxylic acid groups (broad SMARTS) is 1. The number of hydrogen-bond acceptors (Lipinski definition) is 7. The third kappa shape index (κ3) is 3.44. The van der Waals surface area contributed by atoms with E-state index in [9.17, 15) is 4.79 Å². The van der Waals surface area contributed by atoms with Crippen LogP contribution in [-0.2, 0) is 4.79 Å². The number of nitrogens with one attached hydrogen (secondary N) is 1. The molecule has 0 saturated carbocycles. The quantitative estimate of drug-likeness (QED) is 0.596. The second kappa shape index (κ2) is 7.59. The zero-order valence-corrected chi connectivity index (χ0v) is 16.3. The van der Waals surface area contributed by atoms with Gasteiger partial charge in [0, 0.05) is 24.1 Å². The molecule has 9 heteroatoms. The topological polar surface area (TPSA) is 124 Å². The number of aliphatic carboxylic acids is 1. The van der Waals surface area contributed by atoms with Gasteiger partial charge in [-0.05, 0) is 30.5 Å². The van der Waals surface area contributed by atoms with Crippen molar-refractivity contribution in [3.8, 4) is 22.6 Å². The molecule has 1 aliphatic heterocycles. The van der Waals surface area contributed by atoms with E-state index in [1.54, 1.807) is 24.9 Å². The molecule has 0 spiro atoms. The van der Waals surface area contributed by atoms with Crippen LogP contribution in [0.5, 0.6) is 11.5 Å². The molecule has 1 aliphatic rings. The lowest BCUT2D eigenvalue weighted by molar-refractivity contribution is -0.140. The molecule has 4 N–H and O–H groups in total. The van der Waals surface area contributed by atoms with E-state index in [0.29, 0.717) is 35.9 Å². The van der Waals surface area contributed by atoms with Crippen LogP contribution in [0.3, 0.4) is 0 Å². The van der Waals surface area contributed by atoms with Crippen LogP contribution >= 0.6 is 0 Å². The highest BCUT2D eigenvalue weighted by molar-refractivity contribution is 5.79. The minimum absolute atomic E-state index is 0.0889. The molecular weight excluding hydrogens is 374 g/mol. The summed E-state index contributed by atoms with van der Waals surface area (Å²) in [5.41, 5.74) is 9.42. The summed E-state index contributed by atoms with van der Waals surface area (Å²) in [6.07, 6.45) is 3.00. The van der Waals surface area contributed by atoms with Crippen LogP contribution < -0.4 is 20.5 Å². The Bertz CT molecular complexity index is 1060. The number of nitrogen functional groups attached to an aromatic ring is 1. The summed E-state index contributed by atoms with van der Waals surface area (Å²) in [7, 11) is 3.18. The van der Waals surface area contributed by atoms with Gasteiger partial charge in [0.1, 0.15) is 11.9 Å². The van der Waals surface area contributed by atoms with Crippen molar-refractivity contribution < 1.29 is 19.4 Å². The summed E-state index contributed by atoms with van der Waals surface area (Å²) in [5, 5.41) is 16.6. The molecule has 1 saturated heterocycles. The molecule has 2 atom stereocenters. The molecule has 9 nitrogen and oxygen atoms in total. The molecule has 1 aromatic carbocycles. The second-order valence-electron chi connectivity index (χ2n) is 7.04. The number of fused-ring (bicyclic) bond motifs is 1. The maximum absolute atomic E-state index is 11.2. The van der Waals surface area contributed by atoms with Crippen molar-refractivity contribution in [2.24, 2.45) is 0 Å². The van der Waals surface area contributed by atoms with Gasteiger partial charge in [-0.3, -0.25) is 4.79 Å². The number of methoxy groups -OCH3 is 2. The number of ether oxygens (including phenoxy) is 2. The monoisotopic (exact) mass is 397 g/mol. The Morgan fingerprint density at radius 2 is 2.03 bits per heavy atom. The molecular formula is C20H23N5O4. The van der Waals surface area contributed by atoms with E-state index in [4.69, 9.17) is 25.3 Å². The second-order valence-corrected chi connectivity index (χ2v) is 7.04. The fourth-order valence-electron chi connectivity index (χ4n) is 3.74. The molecule has 0 bridgehead atoms. The first-order valence-corrected chi connectivity index (χ1v) is 9.34. The Morgan fingerprint density at radius 1 is 1.24 bits per heavy atom. The molecule has 3 heterocycles. The third-order valence-electron chi connectivity index (χ3n) is 5.34. The van der Waals surface area contributed by atoms with Gasteiger partial charge in [0.05, 0.1) is 26.1 Å². The lowest BCUT2D eigenvalue weighted by atomic mass is 9.92. The third-order valence-corrected chi connectivity index (χ3v) is 5.34. The number of nitrogens with two attached hydrogens (primary N) is 1. The van der Waals surface area contributed by atoms with Crippen LogP contribution in [0.4, 0.5) is 5.82 Å². The van der Waals surface area contributed by atoms with E-state index in [1.807, 2.05) is 24.3 Å². The van der Waals surface area contributed by atoms with E-state index < -0.39 is 12.0 Å². The summed E-state index contributed by atoms with van der Waals surface area (Å²) in [4.78, 5) is 16.0. The van der Waals surface area contributed by atoms with Gasteiger partial charge in [0.25, 0.3) is 0 Å². The standard InChI is InChI=1S/C20H23N5O4/c1-28-16-6-4-11(7-17(16)29-2)13-10-23-25-18(21)8-15(24-19(13)25)12-3-5-14(20(26)27)22-9-12/h4,6-8,10,12,14,22H,3,5,9,21H2,1-2H3,(H,26,27). The number of carboxylic acids is 1. The maximum atomic E-state index is 11.2. The van der Waals surface area contributed by atoms with E-state index in [1.165, 1.54) is 0 Å². The Labute approximate surface area is 167 Å². The maximum Gasteiger partial charge on any atom is 0.320 e. The minimum Gasteiger partial charge on any atom is -0.493 e. The number of anilines is 1. The molecule has 0 amide bonds. The van der Waals surface area contributed by atoms with Crippen molar-refractivity contribution in [3.63, 3.8) is 0 Å². The number of rotatable bonds is 5. The predicted molar refractivity (Wildman–Crippen MR) is 107 cm³/mol. The fraction of sp³-hybridized carbons (Fsp3) is 0.350. The molecule has 3 aromatic rings. The summed E-state index contributed by atoms with van der Waals surface area (Å²) in [5.74, 6) is 1.01. The van der Waals surface area contributed by atoms with Gasteiger partial charge < -0.3 is 25.6 Å². The summed E-state index contributed by atoms with van der Waals surface area (Å²) >= 11 is 0. The van der Waals surface area contributed by atoms with Gasteiger partial charge in [0.2, 0.25) is 0 Å². The van der Waals surface area contributed by atoms with Crippen molar-refractivity contribution in [2.75, 3.05) is 26.5 Å². The zero-order chi connectivity index (χ0) is 20.5. The van der Waals surface area contributed by atoms with Crippen molar-refractivity contribution in [1.29, 1.82) is 0 Å². The molecule has 0 aliphatic carbocycles. The van der Waals surface area contributed by atoms with Gasteiger partial charge in [-0.2, -0.15) is 9.61 Å². The lowest BCUT2D eigenvalue weighted by Gasteiger charge is -2.27. The van der Waals surface area contributed by atoms with Gasteiger partial charge in [-0.1, -0.05) is 6.07 Å². The van der Waals surface area contributed by atoms with Crippen LogP contribution in [0, 0.1) is 0 Å². The van der Waals surface area contributed by atoms with Crippen molar-refractivity contribution in [3.05, 3.63) is 36.2 Å². The van der Waals surface area contributed by atoms with E-state index in [-0.39, 0.29) is 5.92 Å². The average molecular weight is 397 g/mol. The number of aromatic nitrogens is 3. The smallest absolute Gasteiger partial charge is 0.320 e. The normalized spacial score (nSPS) is 19.2. The molecule has 1 fully saturated rings. The van der Waals surface area contributed by atoms with Gasteiger partial charge >= 0.3 is 5.97 Å². The zero-order valence-electron chi connectivity index (χ0n) is 16.3. The number of benzene rings is 1.